The number of aliphatic carboxylic acids is 1. The van der Waals surface area contributed by atoms with Crippen molar-refractivity contribution in [3.63, 3.8) is 0 Å². The zero-order valence-corrected chi connectivity index (χ0v) is 6.19. The van der Waals surface area contributed by atoms with Gasteiger partial charge in [0.2, 0.25) is 0 Å². The number of phenolic OH excluding ortho intramolecular Hbond substituents is 2. The zero-order valence-electron chi connectivity index (χ0n) is 6.19. The van der Waals surface area contributed by atoms with Crippen LogP contribution in [0.1, 0.15) is 5.56 Å². The standard InChI is InChI=1S/C8H8O4/c9-6-1-2-7(10)5(3-6)4-8(11)12/h1-3,9-10H,4H2,(H,11,12)/i1+1,2+1,3+1,5+1,6+1,7+1. The first-order valence-corrected chi connectivity index (χ1v) is 3.32. The Morgan fingerprint density at radius 3 is 2.58 bits per heavy atom. The van der Waals surface area contributed by atoms with Crippen LogP contribution in [0.2, 0.25) is 0 Å². The average Bonchev–Trinajstić information content (AvgIpc) is 1.96. The normalized spacial score (nSPS) is 9.67. The number of aromatic hydroxyl groups is 2. The van der Waals surface area contributed by atoms with Crippen molar-refractivity contribution in [3.05, 3.63) is 23.8 Å². The molecule has 0 fully saturated rings. The van der Waals surface area contributed by atoms with Crippen molar-refractivity contribution in [2.75, 3.05) is 0 Å². The third-order valence-electron chi connectivity index (χ3n) is 1.40. The Kier molecular flexibility index (Phi) is 2.19. The average molecular weight is 174 g/mol. The van der Waals surface area contributed by atoms with Crippen molar-refractivity contribution in [2.45, 2.75) is 6.42 Å². The predicted molar refractivity (Wildman–Crippen MR) is 41.1 cm³/mol. The van der Waals surface area contributed by atoms with Crippen molar-refractivity contribution in [1.29, 1.82) is 0 Å². The molecule has 4 heteroatoms. The summed E-state index contributed by atoms with van der Waals surface area (Å²) in [7, 11) is 0. The maximum absolute atomic E-state index is 10.2. The molecule has 0 amide bonds. The Morgan fingerprint density at radius 2 is 2.00 bits per heavy atom. The van der Waals surface area contributed by atoms with Gasteiger partial charge in [-0.25, -0.2) is 0 Å². The first-order chi connectivity index (χ1) is 5.59. The van der Waals surface area contributed by atoms with E-state index in [0.717, 1.165) is 0 Å². The molecule has 1 aromatic carbocycles. The summed E-state index contributed by atoms with van der Waals surface area (Å²) < 4.78 is 0. The molecule has 0 aliphatic rings. The van der Waals surface area contributed by atoms with Gasteiger partial charge in [-0.2, -0.15) is 0 Å². The van der Waals surface area contributed by atoms with Gasteiger partial charge in [0, 0.05) is 5.56 Å². The number of rotatable bonds is 2. The van der Waals surface area contributed by atoms with E-state index in [1.807, 2.05) is 0 Å². The lowest BCUT2D eigenvalue weighted by atomic mass is 10.6. The van der Waals surface area contributed by atoms with Gasteiger partial charge in [-0.15, -0.1) is 0 Å². The summed E-state index contributed by atoms with van der Waals surface area (Å²) in [6, 6.07) is 3.78. The smallest absolute Gasteiger partial charge is 0.307 e. The van der Waals surface area contributed by atoms with Crippen molar-refractivity contribution < 1.29 is 20.1 Å². The van der Waals surface area contributed by atoms with Gasteiger partial charge in [-0.3, -0.25) is 4.79 Å². The summed E-state index contributed by atoms with van der Waals surface area (Å²) in [6.07, 6.45) is -0.291. The van der Waals surface area contributed by atoms with Crippen LogP contribution in [0, 0.1) is 0 Å². The van der Waals surface area contributed by atoms with Crippen molar-refractivity contribution in [1.82, 2.24) is 0 Å². The van der Waals surface area contributed by atoms with Gasteiger partial charge < -0.3 is 15.3 Å². The summed E-state index contributed by atoms with van der Waals surface area (Å²) in [5.41, 5.74) is 0.211. The largest absolute Gasteiger partial charge is 0.508 e. The molecule has 0 aliphatic heterocycles. The van der Waals surface area contributed by atoms with Gasteiger partial charge in [0.25, 0.3) is 0 Å². The second-order valence-electron chi connectivity index (χ2n) is 2.38. The lowest BCUT2D eigenvalue weighted by Gasteiger charge is -2.00. The maximum atomic E-state index is 10.2. The van der Waals surface area contributed by atoms with E-state index in [1.54, 1.807) is 0 Å². The molecule has 0 heterocycles. The van der Waals surface area contributed by atoms with E-state index in [0.29, 0.717) is 0 Å². The van der Waals surface area contributed by atoms with Crippen LogP contribution in [0.4, 0.5) is 0 Å². The van der Waals surface area contributed by atoms with Crippen LogP contribution in [-0.4, -0.2) is 21.3 Å². The van der Waals surface area contributed by atoms with Gasteiger partial charge in [-0.05, 0) is 18.2 Å². The number of hydrogen-bond acceptors (Lipinski definition) is 3. The van der Waals surface area contributed by atoms with Crippen LogP contribution in [0.5, 0.6) is 11.5 Å². The summed E-state index contributed by atoms with van der Waals surface area (Å²) in [4.78, 5) is 10.2. The van der Waals surface area contributed by atoms with Crippen molar-refractivity contribution >= 4 is 5.97 Å². The number of carboxylic acids is 1. The molecule has 0 bridgehead atoms. The maximum Gasteiger partial charge on any atom is 0.307 e. The minimum Gasteiger partial charge on any atom is -0.508 e. The molecule has 4 nitrogen and oxygen atoms in total. The molecule has 1 rings (SSSR count). The van der Waals surface area contributed by atoms with Gasteiger partial charge in [-0.1, -0.05) is 0 Å². The molecule has 1 aromatic rings. The highest BCUT2D eigenvalue weighted by atomic mass is 16.4. The summed E-state index contributed by atoms with van der Waals surface area (Å²) >= 11 is 0. The van der Waals surface area contributed by atoms with Crippen molar-refractivity contribution in [2.24, 2.45) is 0 Å². The monoisotopic (exact) mass is 174 g/mol. The molecule has 0 saturated heterocycles. The van der Waals surface area contributed by atoms with Crippen molar-refractivity contribution in [3.8, 4) is 11.5 Å². The lowest BCUT2D eigenvalue weighted by Crippen LogP contribution is -1.99. The fourth-order valence-corrected chi connectivity index (χ4v) is 0.876. The third-order valence-corrected chi connectivity index (χ3v) is 1.40. The SMILES string of the molecule is O=C(O)C[13c]1[13cH][13c](O)[13cH][13cH][13c]1O. The zero-order chi connectivity index (χ0) is 9.14. The predicted octanol–water partition coefficient (Wildman–Crippen LogP) is 0.725. The van der Waals surface area contributed by atoms with E-state index in [9.17, 15) is 4.79 Å². The molecule has 0 aliphatic carbocycles. The molecule has 0 aromatic heterocycles. The summed E-state index contributed by atoms with van der Waals surface area (Å²) in [5.74, 6) is -1.21. The molecule has 0 atom stereocenters. The Hall–Kier alpha value is -1.71. The Bertz CT molecular complexity index is 306. The van der Waals surface area contributed by atoms with Gasteiger partial charge in [0.1, 0.15) is 11.5 Å². The lowest BCUT2D eigenvalue weighted by molar-refractivity contribution is -0.136. The van der Waals surface area contributed by atoms with Gasteiger partial charge >= 0.3 is 5.97 Å². The Morgan fingerprint density at radius 1 is 1.33 bits per heavy atom. The van der Waals surface area contributed by atoms with Gasteiger partial charge in [0.15, 0.2) is 0 Å². The third kappa shape index (κ3) is 1.88. The number of carbonyl (C=O) groups is 1. The molecule has 0 saturated carbocycles. The molecular formula is C8H8O4. The number of hydrogen-bond donors (Lipinski definition) is 3. The highest BCUT2D eigenvalue weighted by Crippen LogP contribution is 2.22. The molecule has 12 heavy (non-hydrogen) atoms. The molecule has 64 valence electrons. The number of phenols is 2. The van der Waals surface area contributed by atoms with Gasteiger partial charge in [0.05, 0.1) is 6.42 Å². The highest BCUT2D eigenvalue weighted by molar-refractivity contribution is 5.71. The number of benzene rings is 1. The van der Waals surface area contributed by atoms with E-state index in [1.165, 1.54) is 18.2 Å². The van der Waals surface area contributed by atoms with Crippen LogP contribution >= 0.6 is 0 Å². The van der Waals surface area contributed by atoms with Crippen LogP contribution in [0.15, 0.2) is 18.2 Å². The minimum atomic E-state index is -1.05. The highest BCUT2D eigenvalue weighted by Gasteiger charge is 2.06. The summed E-state index contributed by atoms with van der Waals surface area (Å²) in [6.45, 7) is 0. The fraction of sp³-hybridized carbons (Fsp3) is 0.125. The topological polar surface area (TPSA) is 77.8 Å². The van der Waals surface area contributed by atoms with Crippen LogP contribution < -0.4 is 0 Å². The first-order valence-electron chi connectivity index (χ1n) is 3.32. The molecular weight excluding hydrogens is 166 g/mol. The van der Waals surface area contributed by atoms with E-state index in [4.69, 9.17) is 15.3 Å². The van der Waals surface area contributed by atoms with Crippen LogP contribution in [0.3, 0.4) is 0 Å². The quantitative estimate of drug-likeness (QED) is 0.577. The fourth-order valence-electron chi connectivity index (χ4n) is 0.876. The van der Waals surface area contributed by atoms with E-state index in [-0.39, 0.29) is 23.5 Å². The molecule has 0 unspecified atom stereocenters. The Balaban J connectivity index is 2.97. The van der Waals surface area contributed by atoms with E-state index >= 15 is 0 Å². The molecule has 0 spiro atoms. The second-order valence-corrected chi connectivity index (χ2v) is 2.38. The second kappa shape index (κ2) is 3.13. The molecule has 3 N–H and O–H groups in total. The van der Waals surface area contributed by atoms with Crippen LogP contribution in [0.25, 0.3) is 0 Å². The van der Waals surface area contributed by atoms with Crippen LogP contribution in [-0.2, 0) is 11.2 Å². The summed E-state index contributed by atoms with van der Waals surface area (Å²) in [5, 5.41) is 26.4. The van der Waals surface area contributed by atoms with E-state index < -0.39 is 5.97 Å². The van der Waals surface area contributed by atoms with E-state index in [2.05, 4.69) is 0 Å². The minimum absolute atomic E-state index is 0.0518. The molecule has 0 radical (unpaired) electrons. The first kappa shape index (κ1) is 8.39. The Labute approximate surface area is 68.7 Å². The number of carboxylic acid groups (broad SMARTS) is 1.